The fourth-order valence-corrected chi connectivity index (χ4v) is 2.77. The van der Waals surface area contributed by atoms with E-state index < -0.39 is 0 Å². The van der Waals surface area contributed by atoms with Gasteiger partial charge in [-0.25, -0.2) is 0 Å². The lowest BCUT2D eigenvalue weighted by Crippen LogP contribution is -2.57. The van der Waals surface area contributed by atoms with Gasteiger partial charge in [0.25, 0.3) is 0 Å². The van der Waals surface area contributed by atoms with E-state index in [1.54, 1.807) is 0 Å². The normalized spacial score (nSPS) is 19.9. The molecule has 4 heteroatoms. The van der Waals surface area contributed by atoms with E-state index in [2.05, 4.69) is 38.3 Å². The van der Waals surface area contributed by atoms with Crippen LogP contribution in [0.1, 0.15) is 52.4 Å². The highest BCUT2D eigenvalue weighted by molar-refractivity contribution is 4.89. The van der Waals surface area contributed by atoms with Gasteiger partial charge in [-0.2, -0.15) is 0 Å². The van der Waals surface area contributed by atoms with Crippen molar-refractivity contribution in [3.63, 3.8) is 0 Å². The average Bonchev–Trinajstić information content (AvgIpc) is 2.39. The highest BCUT2D eigenvalue weighted by atomic mass is 16.5. The summed E-state index contributed by atoms with van der Waals surface area (Å²) in [5, 5.41) is 0. The predicted molar refractivity (Wildman–Crippen MR) is 80.9 cm³/mol. The van der Waals surface area contributed by atoms with Crippen LogP contribution in [0, 0.1) is 5.92 Å². The number of nitrogens with two attached hydrogens (primary N) is 1. The van der Waals surface area contributed by atoms with E-state index in [0.29, 0.717) is 6.04 Å². The van der Waals surface area contributed by atoms with Crippen molar-refractivity contribution in [3.8, 4) is 0 Å². The average molecular weight is 271 g/mol. The molecule has 19 heavy (non-hydrogen) atoms. The van der Waals surface area contributed by atoms with Gasteiger partial charge in [-0.15, -0.1) is 0 Å². The molecule has 0 radical (unpaired) electrons. The van der Waals surface area contributed by atoms with Crippen molar-refractivity contribution < 1.29 is 4.74 Å². The zero-order valence-electron chi connectivity index (χ0n) is 13.2. The van der Waals surface area contributed by atoms with Crippen LogP contribution in [0.2, 0.25) is 0 Å². The quantitative estimate of drug-likeness (QED) is 0.403. The van der Waals surface area contributed by atoms with Crippen LogP contribution < -0.4 is 11.3 Å². The number of ether oxygens (including phenoxy) is 1. The lowest BCUT2D eigenvalue weighted by molar-refractivity contribution is 0.0627. The number of nitrogens with zero attached hydrogens (tertiary/aromatic N) is 1. The zero-order chi connectivity index (χ0) is 14.3. The molecule has 1 unspecified atom stereocenters. The summed E-state index contributed by atoms with van der Waals surface area (Å²) in [5.41, 5.74) is 3.09. The van der Waals surface area contributed by atoms with Crippen LogP contribution in [-0.4, -0.2) is 43.8 Å². The molecule has 1 saturated heterocycles. The van der Waals surface area contributed by atoms with Gasteiger partial charge in [0.05, 0.1) is 0 Å². The van der Waals surface area contributed by atoms with Gasteiger partial charge in [-0.3, -0.25) is 11.3 Å². The van der Waals surface area contributed by atoms with Gasteiger partial charge >= 0.3 is 0 Å². The second kappa shape index (κ2) is 8.20. The fourth-order valence-electron chi connectivity index (χ4n) is 2.77. The van der Waals surface area contributed by atoms with Crippen molar-refractivity contribution in [1.29, 1.82) is 0 Å². The van der Waals surface area contributed by atoms with Crippen molar-refractivity contribution in [2.24, 2.45) is 11.8 Å². The largest absolute Gasteiger partial charge is 0.381 e. The maximum atomic E-state index is 5.73. The maximum absolute atomic E-state index is 5.73. The highest BCUT2D eigenvalue weighted by Gasteiger charge is 2.30. The molecule has 1 rings (SSSR count). The summed E-state index contributed by atoms with van der Waals surface area (Å²) in [6.07, 6.45) is 7.56. The topological polar surface area (TPSA) is 50.5 Å². The first-order chi connectivity index (χ1) is 8.98. The van der Waals surface area contributed by atoms with Gasteiger partial charge in [-0.1, -0.05) is 19.3 Å². The molecule has 0 amide bonds. The smallest absolute Gasteiger partial charge is 0.0468 e. The lowest BCUT2D eigenvalue weighted by Gasteiger charge is -2.40. The summed E-state index contributed by atoms with van der Waals surface area (Å²) in [7, 11) is 4.23. The van der Waals surface area contributed by atoms with E-state index in [9.17, 15) is 0 Å². The minimum Gasteiger partial charge on any atom is -0.381 e. The van der Waals surface area contributed by atoms with E-state index in [1.807, 2.05) is 0 Å². The molecule has 0 aromatic carbocycles. The van der Waals surface area contributed by atoms with Crippen molar-refractivity contribution >= 4 is 0 Å². The summed E-state index contributed by atoms with van der Waals surface area (Å²) >= 11 is 0. The molecule has 1 fully saturated rings. The Balaban J connectivity index is 2.22. The van der Waals surface area contributed by atoms with E-state index in [1.165, 1.54) is 32.1 Å². The molecule has 114 valence electrons. The Kier molecular flexibility index (Phi) is 7.29. The second-order valence-electron chi connectivity index (χ2n) is 6.61. The van der Waals surface area contributed by atoms with E-state index in [0.717, 1.165) is 25.6 Å². The van der Waals surface area contributed by atoms with E-state index in [-0.39, 0.29) is 5.54 Å². The Labute approximate surface area is 119 Å². The second-order valence-corrected chi connectivity index (χ2v) is 6.61. The molecule has 1 atom stereocenters. The summed E-state index contributed by atoms with van der Waals surface area (Å²) in [4.78, 5) is 2.25. The van der Waals surface area contributed by atoms with E-state index >= 15 is 0 Å². The third-order valence-electron chi connectivity index (χ3n) is 4.90. The number of hydrogen-bond acceptors (Lipinski definition) is 4. The molecule has 0 spiro atoms. The van der Waals surface area contributed by atoms with Crippen LogP contribution >= 0.6 is 0 Å². The molecule has 1 aliphatic rings. The van der Waals surface area contributed by atoms with Crippen LogP contribution in [0.25, 0.3) is 0 Å². The molecule has 0 bridgehead atoms. The monoisotopic (exact) mass is 271 g/mol. The third-order valence-corrected chi connectivity index (χ3v) is 4.90. The van der Waals surface area contributed by atoms with Crippen molar-refractivity contribution in [3.05, 3.63) is 0 Å². The Morgan fingerprint density at radius 1 is 1.26 bits per heavy atom. The zero-order valence-corrected chi connectivity index (χ0v) is 13.2. The van der Waals surface area contributed by atoms with Crippen molar-refractivity contribution in [2.75, 3.05) is 27.3 Å². The molecule has 1 aliphatic heterocycles. The number of unbranched alkanes of at least 4 members (excludes halogenated alkanes) is 1. The number of hydrogen-bond donors (Lipinski definition) is 2. The minimum absolute atomic E-state index is 0.0907. The summed E-state index contributed by atoms with van der Waals surface area (Å²) in [6, 6.07) is 0.345. The first-order valence-corrected chi connectivity index (χ1v) is 7.69. The molecule has 1 heterocycles. The molecule has 0 aromatic rings. The molecule has 4 nitrogen and oxygen atoms in total. The van der Waals surface area contributed by atoms with Crippen LogP contribution in [0.15, 0.2) is 0 Å². The summed E-state index contributed by atoms with van der Waals surface area (Å²) in [6.45, 7) is 6.42. The number of likely N-dealkylation sites (N-methyl/N-ethyl adjacent to an activating group) is 1. The maximum Gasteiger partial charge on any atom is 0.0468 e. The molecular formula is C15H33N3O. The number of rotatable bonds is 8. The van der Waals surface area contributed by atoms with Gasteiger partial charge in [0.1, 0.15) is 0 Å². The standard InChI is InChI=1S/C15H33N3O/c1-15(2,18(3)4)14(17-16)8-6-5-7-13-9-11-19-12-10-13/h13-14,17H,5-12,16H2,1-4H3. The minimum atomic E-state index is 0.0907. The third kappa shape index (κ3) is 5.38. The Bertz CT molecular complexity index is 238. The Morgan fingerprint density at radius 2 is 1.89 bits per heavy atom. The highest BCUT2D eigenvalue weighted by Crippen LogP contribution is 2.24. The van der Waals surface area contributed by atoms with Crippen molar-refractivity contribution in [1.82, 2.24) is 10.3 Å². The van der Waals surface area contributed by atoms with Gasteiger partial charge in [0.2, 0.25) is 0 Å². The van der Waals surface area contributed by atoms with Gasteiger partial charge in [0, 0.05) is 24.8 Å². The SMILES string of the molecule is CN(C)C(C)(C)C(CCCCC1CCOCC1)NN. The Morgan fingerprint density at radius 3 is 2.42 bits per heavy atom. The van der Waals surface area contributed by atoms with Crippen LogP contribution in [0.3, 0.4) is 0 Å². The predicted octanol–water partition coefficient (Wildman–Crippen LogP) is 2.15. The summed E-state index contributed by atoms with van der Waals surface area (Å²) in [5.74, 6) is 6.62. The first-order valence-electron chi connectivity index (χ1n) is 7.69. The van der Waals surface area contributed by atoms with Gasteiger partial charge < -0.3 is 9.64 Å². The first kappa shape index (κ1) is 16.9. The number of nitrogens with one attached hydrogen (secondary N) is 1. The fraction of sp³-hybridized carbons (Fsp3) is 1.00. The number of hydrazine groups is 1. The van der Waals surface area contributed by atoms with Crippen LogP contribution in [-0.2, 0) is 4.74 Å². The van der Waals surface area contributed by atoms with Crippen molar-refractivity contribution in [2.45, 2.75) is 64.0 Å². The molecule has 0 aliphatic carbocycles. The lowest BCUT2D eigenvalue weighted by atomic mass is 9.88. The summed E-state index contributed by atoms with van der Waals surface area (Å²) < 4.78 is 5.40. The van der Waals surface area contributed by atoms with Crippen LogP contribution in [0.4, 0.5) is 0 Å². The van der Waals surface area contributed by atoms with Crippen LogP contribution in [0.5, 0.6) is 0 Å². The Hall–Kier alpha value is -0.160. The molecule has 0 aromatic heterocycles. The molecular weight excluding hydrogens is 238 g/mol. The van der Waals surface area contributed by atoms with Gasteiger partial charge in [-0.05, 0) is 53.1 Å². The molecule has 0 saturated carbocycles. The van der Waals surface area contributed by atoms with Gasteiger partial charge in [0.15, 0.2) is 0 Å². The molecule has 3 N–H and O–H groups in total. The van der Waals surface area contributed by atoms with E-state index in [4.69, 9.17) is 10.6 Å².